The van der Waals surface area contributed by atoms with Crippen LogP contribution in [0.3, 0.4) is 0 Å². The van der Waals surface area contributed by atoms with Crippen LogP contribution in [-0.4, -0.2) is 51.3 Å². The van der Waals surface area contributed by atoms with Crippen LogP contribution < -0.4 is 4.74 Å². The molecule has 0 fully saturated rings. The number of ether oxygens (including phenoxy) is 2. The van der Waals surface area contributed by atoms with Gasteiger partial charge in [0.2, 0.25) is 10.0 Å². The molecule has 0 radical (unpaired) electrons. The Morgan fingerprint density at radius 1 is 0.939 bits per heavy atom. The summed E-state index contributed by atoms with van der Waals surface area (Å²) in [6.45, 7) is 3.51. The fourth-order valence-corrected chi connectivity index (χ4v) is 5.03. The molecule has 3 aromatic rings. The first-order chi connectivity index (χ1) is 15.7. The van der Waals surface area contributed by atoms with Crippen molar-refractivity contribution >= 4 is 44.1 Å². The van der Waals surface area contributed by atoms with Crippen molar-refractivity contribution in [1.82, 2.24) is 4.31 Å². The van der Waals surface area contributed by atoms with E-state index in [0.29, 0.717) is 11.3 Å². The molecule has 3 rings (SSSR count). The Morgan fingerprint density at radius 3 is 2.27 bits per heavy atom. The molecule has 3 aromatic carbocycles. The summed E-state index contributed by atoms with van der Waals surface area (Å²) in [6, 6.07) is 14.4. The van der Waals surface area contributed by atoms with Crippen LogP contribution in [0.2, 0.25) is 5.02 Å². The predicted molar refractivity (Wildman–Crippen MR) is 127 cm³/mol. The van der Waals surface area contributed by atoms with Crippen LogP contribution in [0.5, 0.6) is 5.75 Å². The van der Waals surface area contributed by atoms with E-state index in [0.717, 1.165) is 10.8 Å². The SMILES string of the molecule is CCN(CC)S(=O)(=O)c1ccc(Cl)c(C(=O)OCC(=O)c2ccc3cc(OC)ccc3c2)c1. The molecular weight excluding hydrogens is 466 g/mol. The fourth-order valence-electron chi connectivity index (χ4n) is 3.35. The molecule has 0 saturated carbocycles. The minimum Gasteiger partial charge on any atom is -0.497 e. The van der Waals surface area contributed by atoms with Gasteiger partial charge in [-0.15, -0.1) is 0 Å². The van der Waals surface area contributed by atoms with Crippen LogP contribution in [0.4, 0.5) is 0 Å². The summed E-state index contributed by atoms with van der Waals surface area (Å²) < 4.78 is 37.1. The Kier molecular flexibility index (Phi) is 7.73. The Balaban J connectivity index is 1.76. The number of carbonyl (C=O) groups is 2. The minimum absolute atomic E-state index is 0.0330. The predicted octanol–water partition coefficient (Wildman–Crippen LogP) is 4.57. The number of esters is 1. The number of fused-ring (bicyclic) bond motifs is 1. The van der Waals surface area contributed by atoms with E-state index >= 15 is 0 Å². The van der Waals surface area contributed by atoms with E-state index in [-0.39, 0.29) is 28.6 Å². The van der Waals surface area contributed by atoms with E-state index in [1.165, 1.54) is 22.5 Å². The number of rotatable bonds is 9. The Bertz CT molecular complexity index is 1300. The molecule has 0 saturated heterocycles. The highest BCUT2D eigenvalue weighted by molar-refractivity contribution is 7.89. The number of halogens is 1. The molecule has 0 bridgehead atoms. The van der Waals surface area contributed by atoms with Crippen molar-refractivity contribution in [3.63, 3.8) is 0 Å². The largest absolute Gasteiger partial charge is 0.497 e. The highest BCUT2D eigenvalue weighted by atomic mass is 35.5. The number of hydrogen-bond donors (Lipinski definition) is 0. The maximum Gasteiger partial charge on any atom is 0.340 e. The molecule has 0 spiro atoms. The highest BCUT2D eigenvalue weighted by Crippen LogP contribution is 2.25. The number of hydrogen-bond acceptors (Lipinski definition) is 6. The van der Waals surface area contributed by atoms with Crippen molar-refractivity contribution < 1.29 is 27.5 Å². The number of sulfonamides is 1. The molecular formula is C24H24ClNO6S. The molecule has 0 aliphatic carbocycles. The molecule has 9 heteroatoms. The van der Waals surface area contributed by atoms with Gasteiger partial charge < -0.3 is 9.47 Å². The summed E-state index contributed by atoms with van der Waals surface area (Å²) in [7, 11) is -2.21. The number of benzene rings is 3. The van der Waals surface area contributed by atoms with Crippen molar-refractivity contribution in [2.75, 3.05) is 26.8 Å². The number of nitrogens with zero attached hydrogens (tertiary/aromatic N) is 1. The summed E-state index contributed by atoms with van der Waals surface area (Å²) in [5.41, 5.74) is 0.257. The van der Waals surface area contributed by atoms with Gasteiger partial charge in [-0.05, 0) is 47.2 Å². The van der Waals surface area contributed by atoms with E-state index < -0.39 is 28.4 Å². The van der Waals surface area contributed by atoms with Gasteiger partial charge in [-0.25, -0.2) is 13.2 Å². The first-order valence-electron chi connectivity index (χ1n) is 10.3. The minimum atomic E-state index is -3.78. The number of ketones is 1. The zero-order chi connectivity index (χ0) is 24.2. The zero-order valence-electron chi connectivity index (χ0n) is 18.5. The van der Waals surface area contributed by atoms with Gasteiger partial charge in [0.25, 0.3) is 0 Å². The molecule has 0 aliphatic heterocycles. The average Bonchev–Trinajstić information content (AvgIpc) is 2.82. The fraction of sp³-hybridized carbons (Fsp3) is 0.250. The van der Waals surface area contributed by atoms with Gasteiger partial charge in [0.05, 0.1) is 22.6 Å². The quantitative estimate of drug-likeness (QED) is 0.323. The van der Waals surface area contributed by atoms with E-state index in [1.807, 2.05) is 12.1 Å². The molecule has 7 nitrogen and oxygen atoms in total. The summed E-state index contributed by atoms with van der Waals surface area (Å²) in [4.78, 5) is 25.1. The molecule has 33 heavy (non-hydrogen) atoms. The molecule has 0 heterocycles. The smallest absolute Gasteiger partial charge is 0.340 e. The second kappa shape index (κ2) is 10.3. The van der Waals surface area contributed by atoms with Crippen molar-refractivity contribution in [1.29, 1.82) is 0 Å². The van der Waals surface area contributed by atoms with Crippen LogP contribution in [0, 0.1) is 0 Å². The second-order valence-electron chi connectivity index (χ2n) is 7.16. The van der Waals surface area contributed by atoms with E-state index in [4.69, 9.17) is 21.1 Å². The van der Waals surface area contributed by atoms with Gasteiger partial charge >= 0.3 is 5.97 Å². The van der Waals surface area contributed by atoms with Crippen molar-refractivity contribution in [3.05, 3.63) is 70.7 Å². The number of methoxy groups -OCH3 is 1. The monoisotopic (exact) mass is 489 g/mol. The van der Waals surface area contributed by atoms with Crippen molar-refractivity contribution in [3.8, 4) is 5.75 Å². The highest BCUT2D eigenvalue weighted by Gasteiger charge is 2.24. The first kappa shape index (κ1) is 24.7. The topological polar surface area (TPSA) is 90.0 Å². The van der Waals surface area contributed by atoms with E-state index in [9.17, 15) is 18.0 Å². The molecule has 174 valence electrons. The molecule has 0 aromatic heterocycles. The maximum atomic E-state index is 12.7. The maximum absolute atomic E-state index is 12.7. The van der Waals surface area contributed by atoms with Crippen molar-refractivity contribution in [2.24, 2.45) is 0 Å². The van der Waals surface area contributed by atoms with E-state index in [1.54, 1.807) is 45.2 Å². The van der Waals surface area contributed by atoms with Gasteiger partial charge in [-0.2, -0.15) is 4.31 Å². The second-order valence-corrected chi connectivity index (χ2v) is 9.50. The summed E-state index contributed by atoms with van der Waals surface area (Å²) in [6.07, 6.45) is 0. The van der Waals surface area contributed by atoms with E-state index in [2.05, 4.69) is 0 Å². The summed E-state index contributed by atoms with van der Waals surface area (Å²) >= 11 is 6.11. The van der Waals surface area contributed by atoms with Crippen LogP contribution >= 0.6 is 11.6 Å². The Morgan fingerprint density at radius 2 is 1.61 bits per heavy atom. The lowest BCUT2D eigenvalue weighted by molar-refractivity contribution is 0.0474. The van der Waals surface area contributed by atoms with Crippen LogP contribution in [0.15, 0.2) is 59.5 Å². The third kappa shape index (κ3) is 5.35. The van der Waals surface area contributed by atoms with Gasteiger partial charge in [-0.3, -0.25) is 4.79 Å². The lowest BCUT2D eigenvalue weighted by Crippen LogP contribution is -2.30. The molecule has 0 N–H and O–H groups in total. The molecule has 0 aliphatic rings. The zero-order valence-corrected chi connectivity index (χ0v) is 20.1. The number of Topliss-reactive ketones (excluding diaryl/α,β-unsaturated/α-hetero) is 1. The average molecular weight is 490 g/mol. The summed E-state index contributed by atoms with van der Waals surface area (Å²) in [5, 5.41) is 1.77. The first-order valence-corrected chi connectivity index (χ1v) is 12.1. The van der Waals surface area contributed by atoms with Crippen LogP contribution in [0.25, 0.3) is 10.8 Å². The lowest BCUT2D eigenvalue weighted by Gasteiger charge is -2.19. The van der Waals surface area contributed by atoms with Gasteiger partial charge in [-0.1, -0.05) is 43.6 Å². The van der Waals surface area contributed by atoms with Gasteiger partial charge in [0.15, 0.2) is 12.4 Å². The van der Waals surface area contributed by atoms with Gasteiger partial charge in [0, 0.05) is 18.7 Å². The lowest BCUT2D eigenvalue weighted by atomic mass is 10.0. The molecule has 0 amide bonds. The standard InChI is InChI=1S/C24H24ClNO6S/c1-4-26(5-2)33(29,30)20-10-11-22(25)21(14-20)24(28)32-15-23(27)18-7-6-17-13-19(31-3)9-8-16(17)12-18/h6-14H,4-5,15H2,1-3H3. The number of carbonyl (C=O) groups excluding carboxylic acids is 2. The van der Waals surface area contributed by atoms with Gasteiger partial charge in [0.1, 0.15) is 5.75 Å². The van der Waals surface area contributed by atoms with Crippen LogP contribution in [0.1, 0.15) is 34.6 Å². The third-order valence-electron chi connectivity index (χ3n) is 5.20. The normalized spacial score (nSPS) is 11.5. The van der Waals surface area contributed by atoms with Crippen LogP contribution in [-0.2, 0) is 14.8 Å². The Labute approximate surface area is 197 Å². The molecule has 0 atom stereocenters. The Hall–Kier alpha value is -2.94. The summed E-state index contributed by atoms with van der Waals surface area (Å²) in [5.74, 6) is -0.572. The van der Waals surface area contributed by atoms with Crippen molar-refractivity contribution in [2.45, 2.75) is 18.7 Å². The molecule has 0 unspecified atom stereocenters. The third-order valence-corrected chi connectivity index (χ3v) is 7.58.